The Kier molecular flexibility index (Phi) is 6.00. The zero-order valence-corrected chi connectivity index (χ0v) is 18.7. The summed E-state index contributed by atoms with van der Waals surface area (Å²) in [5.41, 5.74) is 3.92. The highest BCUT2D eigenvalue weighted by Gasteiger charge is 2.39. The van der Waals surface area contributed by atoms with Gasteiger partial charge in [0.05, 0.1) is 12.0 Å². The average molecular weight is 447 g/mol. The third-order valence-electron chi connectivity index (χ3n) is 6.13. The second kappa shape index (κ2) is 8.90. The predicted molar refractivity (Wildman–Crippen MR) is 124 cm³/mol. The first-order valence-corrected chi connectivity index (χ1v) is 10.7. The number of anilines is 1. The molecule has 33 heavy (non-hydrogen) atoms. The quantitative estimate of drug-likeness (QED) is 0.515. The standard InChI is InChI=1S/C25H25N3O5/c1-14-7-8-16(13-20(14)28(31)32)23-22(15(2)26-19-5-4-6-21(29)24(19)23)25(30)27-17-9-11-18(33-3)12-10-17/h7-13,23,26H,4-6H2,1-3H3,(H,27,30). The van der Waals surface area contributed by atoms with Crippen molar-refractivity contribution in [3.63, 3.8) is 0 Å². The van der Waals surface area contributed by atoms with E-state index in [1.807, 2.05) is 0 Å². The number of Topliss-reactive ketones (excluding diaryl/α,β-unsaturated/α-hetero) is 1. The van der Waals surface area contributed by atoms with E-state index in [9.17, 15) is 19.7 Å². The van der Waals surface area contributed by atoms with Crippen LogP contribution in [0.3, 0.4) is 0 Å². The minimum Gasteiger partial charge on any atom is -0.497 e. The summed E-state index contributed by atoms with van der Waals surface area (Å²) >= 11 is 0. The number of amides is 1. The number of nitrogens with zero attached hydrogens (tertiary/aromatic N) is 1. The Labute approximate surface area is 191 Å². The van der Waals surface area contributed by atoms with Crippen LogP contribution in [-0.2, 0) is 9.59 Å². The Morgan fingerprint density at radius 3 is 2.55 bits per heavy atom. The maximum atomic E-state index is 13.5. The fourth-order valence-corrected chi connectivity index (χ4v) is 4.49. The van der Waals surface area contributed by atoms with Crippen molar-refractivity contribution in [3.05, 3.63) is 86.2 Å². The van der Waals surface area contributed by atoms with E-state index in [-0.39, 0.29) is 17.4 Å². The topological polar surface area (TPSA) is 111 Å². The van der Waals surface area contributed by atoms with Crippen LogP contribution in [-0.4, -0.2) is 23.7 Å². The molecule has 8 heteroatoms. The molecule has 4 rings (SSSR count). The summed E-state index contributed by atoms with van der Waals surface area (Å²) in [7, 11) is 1.56. The van der Waals surface area contributed by atoms with E-state index in [4.69, 9.17) is 4.74 Å². The Morgan fingerprint density at radius 1 is 1.15 bits per heavy atom. The molecule has 170 valence electrons. The number of hydrogen-bond acceptors (Lipinski definition) is 6. The van der Waals surface area contributed by atoms with Crippen molar-refractivity contribution in [2.24, 2.45) is 0 Å². The third-order valence-corrected chi connectivity index (χ3v) is 6.13. The summed E-state index contributed by atoms with van der Waals surface area (Å²) in [4.78, 5) is 37.6. The van der Waals surface area contributed by atoms with Crippen molar-refractivity contribution in [1.29, 1.82) is 0 Å². The van der Waals surface area contributed by atoms with Crippen LogP contribution in [0, 0.1) is 17.0 Å². The van der Waals surface area contributed by atoms with E-state index in [2.05, 4.69) is 10.6 Å². The molecular weight excluding hydrogens is 422 g/mol. The lowest BCUT2D eigenvalue weighted by atomic mass is 9.74. The van der Waals surface area contributed by atoms with Crippen molar-refractivity contribution in [2.45, 2.75) is 39.0 Å². The largest absolute Gasteiger partial charge is 0.497 e. The molecule has 1 atom stereocenters. The smallest absolute Gasteiger partial charge is 0.272 e. The van der Waals surface area contributed by atoms with Gasteiger partial charge < -0.3 is 15.4 Å². The lowest BCUT2D eigenvalue weighted by Crippen LogP contribution is -2.35. The summed E-state index contributed by atoms with van der Waals surface area (Å²) in [5, 5.41) is 17.7. The number of rotatable bonds is 5. The highest BCUT2D eigenvalue weighted by Crippen LogP contribution is 2.43. The minimum absolute atomic E-state index is 0.0380. The Morgan fingerprint density at radius 2 is 1.88 bits per heavy atom. The van der Waals surface area contributed by atoms with Crippen LogP contribution in [0.1, 0.15) is 43.2 Å². The van der Waals surface area contributed by atoms with Crippen molar-refractivity contribution in [3.8, 4) is 5.75 Å². The number of dihydropyridines is 1. The molecule has 0 saturated carbocycles. The van der Waals surface area contributed by atoms with Crippen molar-refractivity contribution >= 4 is 23.1 Å². The summed E-state index contributed by atoms with van der Waals surface area (Å²) in [5.74, 6) is -0.440. The van der Waals surface area contributed by atoms with E-state index in [1.54, 1.807) is 57.4 Å². The fraction of sp³-hybridized carbons (Fsp3) is 0.280. The van der Waals surface area contributed by atoms with Gasteiger partial charge in [0.1, 0.15) is 5.75 Å². The van der Waals surface area contributed by atoms with Gasteiger partial charge in [-0.05, 0) is 56.5 Å². The van der Waals surface area contributed by atoms with Gasteiger partial charge in [-0.25, -0.2) is 0 Å². The van der Waals surface area contributed by atoms with Crippen LogP contribution < -0.4 is 15.4 Å². The van der Waals surface area contributed by atoms with Crippen molar-refractivity contribution < 1.29 is 19.2 Å². The molecule has 0 spiro atoms. The van der Waals surface area contributed by atoms with Gasteiger partial charge in [0, 0.05) is 52.2 Å². The molecule has 1 unspecified atom stereocenters. The zero-order chi connectivity index (χ0) is 23.7. The Bertz CT molecular complexity index is 1210. The van der Waals surface area contributed by atoms with E-state index < -0.39 is 10.8 Å². The molecule has 1 aliphatic carbocycles. The number of nitrogens with one attached hydrogen (secondary N) is 2. The first-order valence-electron chi connectivity index (χ1n) is 10.7. The van der Waals surface area contributed by atoms with Crippen LogP contribution in [0.25, 0.3) is 0 Å². The second-order valence-electron chi connectivity index (χ2n) is 8.25. The molecule has 8 nitrogen and oxygen atoms in total. The molecule has 0 radical (unpaired) electrons. The Hall–Kier alpha value is -3.94. The van der Waals surface area contributed by atoms with Crippen molar-refractivity contribution in [2.75, 3.05) is 12.4 Å². The van der Waals surface area contributed by atoms with Gasteiger partial charge in [0.15, 0.2) is 5.78 Å². The summed E-state index contributed by atoms with van der Waals surface area (Å²) in [6.07, 6.45) is 1.81. The monoisotopic (exact) mass is 447 g/mol. The number of carbonyl (C=O) groups is 2. The molecule has 2 aromatic rings. The third kappa shape index (κ3) is 4.24. The summed E-state index contributed by atoms with van der Waals surface area (Å²) in [6, 6.07) is 11.8. The zero-order valence-electron chi connectivity index (χ0n) is 18.7. The van der Waals surface area contributed by atoms with Crippen LogP contribution in [0.4, 0.5) is 11.4 Å². The molecule has 0 bridgehead atoms. The fourth-order valence-electron chi connectivity index (χ4n) is 4.49. The summed E-state index contributed by atoms with van der Waals surface area (Å²) in [6.45, 7) is 3.46. The first kappa shape index (κ1) is 22.3. The van der Waals surface area contributed by atoms with Gasteiger partial charge in [-0.2, -0.15) is 0 Å². The number of ketones is 1. The molecule has 2 aliphatic rings. The Balaban J connectivity index is 1.80. The molecule has 2 aromatic carbocycles. The van der Waals surface area contributed by atoms with Gasteiger partial charge in [0.2, 0.25) is 0 Å². The van der Waals surface area contributed by atoms with Crippen LogP contribution in [0.15, 0.2) is 65.0 Å². The highest BCUT2D eigenvalue weighted by molar-refractivity contribution is 6.09. The van der Waals surface area contributed by atoms with Crippen LogP contribution >= 0.6 is 0 Å². The minimum atomic E-state index is -0.688. The SMILES string of the molecule is COc1ccc(NC(=O)C2=C(C)NC3=C(C(=O)CCC3)C2c2ccc(C)c([N+](=O)[O-])c2)cc1. The molecule has 2 N–H and O–H groups in total. The molecule has 1 amide bonds. The van der Waals surface area contributed by atoms with E-state index in [1.165, 1.54) is 6.07 Å². The number of methoxy groups -OCH3 is 1. The predicted octanol–water partition coefficient (Wildman–Crippen LogP) is 4.52. The second-order valence-corrected chi connectivity index (χ2v) is 8.25. The van der Waals surface area contributed by atoms with Gasteiger partial charge in [-0.1, -0.05) is 12.1 Å². The number of hydrogen-bond donors (Lipinski definition) is 2. The molecular formula is C25H25N3O5. The lowest BCUT2D eigenvalue weighted by Gasteiger charge is -2.34. The average Bonchev–Trinajstić information content (AvgIpc) is 2.79. The highest BCUT2D eigenvalue weighted by atomic mass is 16.6. The van der Waals surface area contributed by atoms with Gasteiger partial charge >= 0.3 is 0 Å². The first-order chi connectivity index (χ1) is 15.8. The molecule has 0 saturated heterocycles. The van der Waals surface area contributed by atoms with E-state index in [0.29, 0.717) is 52.2 Å². The van der Waals surface area contributed by atoms with Crippen LogP contribution in [0.2, 0.25) is 0 Å². The molecule has 1 aliphatic heterocycles. The normalized spacial score (nSPS) is 17.9. The number of nitro groups is 1. The number of nitro benzene ring substituents is 1. The van der Waals surface area contributed by atoms with Gasteiger partial charge in [-0.3, -0.25) is 19.7 Å². The number of ether oxygens (including phenoxy) is 1. The van der Waals surface area contributed by atoms with Crippen molar-refractivity contribution in [1.82, 2.24) is 5.32 Å². The van der Waals surface area contributed by atoms with Gasteiger partial charge in [-0.15, -0.1) is 0 Å². The van der Waals surface area contributed by atoms with E-state index in [0.717, 1.165) is 12.1 Å². The molecule has 1 heterocycles. The van der Waals surface area contributed by atoms with Gasteiger partial charge in [0.25, 0.3) is 11.6 Å². The maximum Gasteiger partial charge on any atom is 0.272 e. The molecule has 0 fully saturated rings. The number of aryl methyl sites for hydroxylation is 1. The number of benzene rings is 2. The van der Waals surface area contributed by atoms with E-state index >= 15 is 0 Å². The molecule has 0 aromatic heterocycles. The maximum absolute atomic E-state index is 13.5. The number of allylic oxidation sites excluding steroid dienone is 3. The summed E-state index contributed by atoms with van der Waals surface area (Å²) < 4.78 is 5.16. The number of carbonyl (C=O) groups excluding carboxylic acids is 2. The van der Waals surface area contributed by atoms with Crippen LogP contribution in [0.5, 0.6) is 5.75 Å². The lowest BCUT2D eigenvalue weighted by molar-refractivity contribution is -0.385.